The monoisotopic (exact) mass is 251 g/mol. The highest BCUT2D eigenvalue weighted by molar-refractivity contribution is 5.12. The van der Waals surface area contributed by atoms with Gasteiger partial charge in [0.05, 0.1) is 12.4 Å². The maximum absolute atomic E-state index is 6.04. The van der Waals surface area contributed by atoms with Gasteiger partial charge >= 0.3 is 0 Å². The molecule has 1 N–H and O–H groups in total. The van der Waals surface area contributed by atoms with Crippen LogP contribution in [0.5, 0.6) is 5.75 Å². The van der Waals surface area contributed by atoms with Crippen molar-refractivity contribution in [3.05, 3.63) is 12.4 Å². The molecule has 0 aromatic carbocycles. The number of aryl methyl sites for hydroxylation is 1. The standard InChI is InChI=1S/C14H25N3O/c1-4-7-17-10-13(8-16-17)18-14(11(2)3)9-15-12-5-6-12/h8,10-12,14-15H,4-7,9H2,1-3H3. The molecule has 4 heteroatoms. The first kappa shape index (κ1) is 13.4. The molecule has 2 rings (SSSR count). The minimum atomic E-state index is 0.227. The predicted molar refractivity (Wildman–Crippen MR) is 72.8 cm³/mol. The summed E-state index contributed by atoms with van der Waals surface area (Å²) >= 11 is 0. The third kappa shape index (κ3) is 4.02. The molecule has 1 aliphatic carbocycles. The Kier molecular flexibility index (Phi) is 4.64. The second-order valence-electron chi connectivity index (χ2n) is 5.52. The number of aromatic nitrogens is 2. The fourth-order valence-corrected chi connectivity index (χ4v) is 1.92. The molecular formula is C14H25N3O. The summed E-state index contributed by atoms with van der Waals surface area (Å²) in [6.45, 7) is 8.45. The number of hydrogen-bond donors (Lipinski definition) is 1. The van der Waals surface area contributed by atoms with E-state index in [2.05, 4.69) is 31.2 Å². The molecule has 0 amide bonds. The topological polar surface area (TPSA) is 39.1 Å². The molecule has 0 spiro atoms. The van der Waals surface area contributed by atoms with Gasteiger partial charge < -0.3 is 10.1 Å². The van der Waals surface area contributed by atoms with Gasteiger partial charge in [-0.05, 0) is 25.2 Å². The highest BCUT2D eigenvalue weighted by atomic mass is 16.5. The van der Waals surface area contributed by atoms with Crippen molar-refractivity contribution in [1.82, 2.24) is 15.1 Å². The Bertz CT molecular complexity index is 358. The van der Waals surface area contributed by atoms with Crippen molar-refractivity contribution in [1.29, 1.82) is 0 Å². The summed E-state index contributed by atoms with van der Waals surface area (Å²) < 4.78 is 7.98. The zero-order chi connectivity index (χ0) is 13.0. The number of rotatable bonds is 8. The first-order valence-corrected chi connectivity index (χ1v) is 7.11. The molecule has 0 aliphatic heterocycles. The van der Waals surface area contributed by atoms with Gasteiger partial charge in [0.1, 0.15) is 6.10 Å². The van der Waals surface area contributed by atoms with E-state index in [1.807, 2.05) is 17.1 Å². The minimum Gasteiger partial charge on any atom is -0.486 e. The Morgan fingerprint density at radius 1 is 1.50 bits per heavy atom. The molecule has 4 nitrogen and oxygen atoms in total. The maximum Gasteiger partial charge on any atom is 0.157 e. The van der Waals surface area contributed by atoms with Gasteiger partial charge in [-0.25, -0.2) is 0 Å². The number of nitrogens with one attached hydrogen (secondary N) is 1. The lowest BCUT2D eigenvalue weighted by Crippen LogP contribution is -2.36. The summed E-state index contributed by atoms with van der Waals surface area (Å²) in [6, 6.07) is 0.734. The number of ether oxygens (including phenoxy) is 1. The van der Waals surface area contributed by atoms with Gasteiger partial charge in [0.25, 0.3) is 0 Å². The molecule has 1 heterocycles. The van der Waals surface area contributed by atoms with Gasteiger partial charge in [0, 0.05) is 19.1 Å². The van der Waals surface area contributed by atoms with Crippen LogP contribution in [0.3, 0.4) is 0 Å². The molecule has 1 fully saturated rings. The van der Waals surface area contributed by atoms with Gasteiger partial charge in [-0.3, -0.25) is 4.68 Å². The Hall–Kier alpha value is -1.03. The molecule has 1 aromatic rings. The first-order valence-electron chi connectivity index (χ1n) is 7.11. The molecule has 102 valence electrons. The lowest BCUT2D eigenvalue weighted by Gasteiger charge is -2.22. The van der Waals surface area contributed by atoms with Crippen LogP contribution in [0.4, 0.5) is 0 Å². The fraction of sp³-hybridized carbons (Fsp3) is 0.786. The molecule has 0 bridgehead atoms. The number of nitrogens with zero attached hydrogens (tertiary/aromatic N) is 2. The molecule has 1 saturated carbocycles. The molecule has 1 aliphatic rings. The van der Waals surface area contributed by atoms with E-state index in [4.69, 9.17) is 4.74 Å². The van der Waals surface area contributed by atoms with Gasteiger partial charge in [0.2, 0.25) is 0 Å². The average molecular weight is 251 g/mol. The van der Waals surface area contributed by atoms with Crippen LogP contribution in [0.15, 0.2) is 12.4 Å². The summed E-state index contributed by atoms with van der Waals surface area (Å²) in [7, 11) is 0. The first-order chi connectivity index (χ1) is 8.69. The molecular weight excluding hydrogens is 226 g/mol. The van der Waals surface area contributed by atoms with Gasteiger partial charge in [0.15, 0.2) is 5.75 Å². The second-order valence-corrected chi connectivity index (χ2v) is 5.52. The second kappa shape index (κ2) is 6.23. The summed E-state index contributed by atoms with van der Waals surface area (Å²) in [5.74, 6) is 1.39. The number of hydrogen-bond acceptors (Lipinski definition) is 3. The van der Waals surface area contributed by atoms with Crippen molar-refractivity contribution in [3.8, 4) is 5.75 Å². The van der Waals surface area contributed by atoms with E-state index in [0.717, 1.165) is 31.3 Å². The highest BCUT2D eigenvalue weighted by Crippen LogP contribution is 2.20. The van der Waals surface area contributed by atoms with Crippen LogP contribution in [-0.4, -0.2) is 28.5 Å². The van der Waals surface area contributed by atoms with Crippen LogP contribution < -0.4 is 10.1 Å². The Morgan fingerprint density at radius 3 is 2.89 bits per heavy atom. The molecule has 1 atom stereocenters. The van der Waals surface area contributed by atoms with Crippen molar-refractivity contribution in [3.63, 3.8) is 0 Å². The highest BCUT2D eigenvalue weighted by Gasteiger charge is 2.24. The molecule has 0 saturated heterocycles. The van der Waals surface area contributed by atoms with Gasteiger partial charge in [-0.1, -0.05) is 20.8 Å². The maximum atomic E-state index is 6.04. The zero-order valence-electron chi connectivity index (χ0n) is 11.7. The minimum absolute atomic E-state index is 0.227. The molecule has 18 heavy (non-hydrogen) atoms. The van der Waals surface area contributed by atoms with E-state index < -0.39 is 0 Å². The van der Waals surface area contributed by atoms with Crippen molar-refractivity contribution in [2.75, 3.05) is 6.54 Å². The van der Waals surface area contributed by atoms with Gasteiger partial charge in [-0.2, -0.15) is 5.10 Å². The lowest BCUT2D eigenvalue weighted by atomic mass is 10.1. The van der Waals surface area contributed by atoms with Crippen LogP contribution in [0.1, 0.15) is 40.0 Å². The quantitative estimate of drug-likeness (QED) is 0.771. The van der Waals surface area contributed by atoms with E-state index in [1.165, 1.54) is 12.8 Å². The third-order valence-corrected chi connectivity index (χ3v) is 3.28. The Labute approximate surface area is 110 Å². The molecule has 1 aromatic heterocycles. The van der Waals surface area contributed by atoms with E-state index in [9.17, 15) is 0 Å². The van der Waals surface area contributed by atoms with E-state index in [1.54, 1.807) is 0 Å². The van der Waals surface area contributed by atoms with Crippen molar-refractivity contribution in [2.24, 2.45) is 5.92 Å². The van der Waals surface area contributed by atoms with E-state index in [-0.39, 0.29) is 6.10 Å². The smallest absolute Gasteiger partial charge is 0.157 e. The fourth-order valence-electron chi connectivity index (χ4n) is 1.92. The lowest BCUT2D eigenvalue weighted by molar-refractivity contribution is 0.148. The van der Waals surface area contributed by atoms with Crippen LogP contribution in [0.2, 0.25) is 0 Å². The average Bonchev–Trinajstić information content (AvgIpc) is 3.05. The zero-order valence-corrected chi connectivity index (χ0v) is 11.7. The molecule has 0 radical (unpaired) electrons. The summed E-state index contributed by atoms with van der Waals surface area (Å²) in [6.07, 6.45) is 7.78. The molecule has 1 unspecified atom stereocenters. The Morgan fingerprint density at radius 2 is 2.28 bits per heavy atom. The van der Waals surface area contributed by atoms with Crippen LogP contribution in [-0.2, 0) is 6.54 Å². The summed E-state index contributed by atoms with van der Waals surface area (Å²) in [5.41, 5.74) is 0. The van der Waals surface area contributed by atoms with Crippen molar-refractivity contribution < 1.29 is 4.74 Å². The normalized spacial score (nSPS) is 17.1. The van der Waals surface area contributed by atoms with Crippen molar-refractivity contribution >= 4 is 0 Å². The third-order valence-electron chi connectivity index (χ3n) is 3.28. The predicted octanol–water partition coefficient (Wildman–Crippen LogP) is 2.45. The Balaban J connectivity index is 1.85. The summed E-state index contributed by atoms with van der Waals surface area (Å²) in [4.78, 5) is 0. The SMILES string of the molecule is CCCn1cc(OC(CNC2CC2)C(C)C)cn1. The van der Waals surface area contributed by atoms with Crippen LogP contribution in [0, 0.1) is 5.92 Å². The van der Waals surface area contributed by atoms with Gasteiger partial charge in [-0.15, -0.1) is 0 Å². The summed E-state index contributed by atoms with van der Waals surface area (Å²) in [5, 5.41) is 7.84. The van der Waals surface area contributed by atoms with Crippen molar-refractivity contribution in [2.45, 2.75) is 58.7 Å². The largest absolute Gasteiger partial charge is 0.486 e. The van der Waals surface area contributed by atoms with E-state index >= 15 is 0 Å². The van der Waals surface area contributed by atoms with E-state index in [0.29, 0.717) is 5.92 Å². The van der Waals surface area contributed by atoms with Crippen LogP contribution >= 0.6 is 0 Å². The van der Waals surface area contributed by atoms with Crippen LogP contribution in [0.25, 0.3) is 0 Å².